The van der Waals surface area contributed by atoms with Gasteiger partial charge >= 0.3 is 0 Å². The van der Waals surface area contributed by atoms with Gasteiger partial charge in [-0.3, -0.25) is 14.5 Å². The first-order valence-electron chi connectivity index (χ1n) is 7.08. The maximum Gasteiger partial charge on any atom is 0.240 e. The van der Waals surface area contributed by atoms with Crippen LogP contribution in [0.15, 0.2) is 11.4 Å². The Morgan fingerprint density at radius 1 is 1.45 bits per heavy atom. The normalized spacial score (nSPS) is 14.6. The summed E-state index contributed by atoms with van der Waals surface area (Å²) in [4.78, 5) is 32.0. The fraction of sp³-hybridized carbons (Fsp3) is 0.400. The Kier molecular flexibility index (Phi) is 4.37. The van der Waals surface area contributed by atoms with Gasteiger partial charge in [0, 0.05) is 24.9 Å². The van der Waals surface area contributed by atoms with Gasteiger partial charge in [-0.15, -0.1) is 11.3 Å². The highest BCUT2D eigenvalue weighted by Gasteiger charge is 2.20. The lowest BCUT2D eigenvalue weighted by molar-refractivity contribution is -0.117. The second-order valence-electron chi connectivity index (χ2n) is 5.37. The van der Waals surface area contributed by atoms with E-state index in [0.29, 0.717) is 22.2 Å². The Labute approximate surface area is 137 Å². The molecule has 0 fully saturated rings. The van der Waals surface area contributed by atoms with Gasteiger partial charge in [-0.1, -0.05) is 11.3 Å². The zero-order valence-corrected chi connectivity index (χ0v) is 14.1. The van der Waals surface area contributed by atoms with Crippen LogP contribution in [0.1, 0.15) is 32.7 Å². The molecule has 0 atom stereocenters. The largest absolute Gasteiger partial charge is 0.301 e. The number of hydrogen-bond donors (Lipinski definition) is 1. The number of fused-ring (bicyclic) bond motifs is 1. The van der Waals surface area contributed by atoms with E-state index in [2.05, 4.69) is 26.6 Å². The Morgan fingerprint density at radius 3 is 3.00 bits per heavy atom. The van der Waals surface area contributed by atoms with Crippen LogP contribution >= 0.6 is 22.7 Å². The number of carbonyl (C=O) groups is 2. The molecular weight excluding hydrogens is 318 g/mol. The van der Waals surface area contributed by atoms with E-state index in [1.165, 1.54) is 28.7 Å². The molecule has 1 amide bonds. The fourth-order valence-corrected chi connectivity index (χ4v) is 4.35. The number of aryl methyl sites for hydroxylation is 1. The van der Waals surface area contributed by atoms with Crippen LogP contribution in [0.2, 0.25) is 0 Å². The summed E-state index contributed by atoms with van der Waals surface area (Å²) in [6.45, 7) is 5.37. The van der Waals surface area contributed by atoms with Crippen LogP contribution < -0.4 is 5.32 Å². The highest BCUT2D eigenvalue weighted by molar-refractivity contribution is 7.17. The molecule has 116 valence electrons. The van der Waals surface area contributed by atoms with Crippen molar-refractivity contribution in [2.45, 2.75) is 26.8 Å². The van der Waals surface area contributed by atoms with Gasteiger partial charge in [0.15, 0.2) is 10.9 Å². The van der Waals surface area contributed by atoms with E-state index in [-0.39, 0.29) is 11.7 Å². The zero-order chi connectivity index (χ0) is 15.7. The predicted molar refractivity (Wildman–Crippen MR) is 88.8 cm³/mol. The first-order chi connectivity index (χ1) is 10.5. The van der Waals surface area contributed by atoms with Gasteiger partial charge in [-0.25, -0.2) is 4.98 Å². The third-order valence-electron chi connectivity index (χ3n) is 3.62. The third kappa shape index (κ3) is 3.26. The van der Waals surface area contributed by atoms with Crippen LogP contribution in [0.25, 0.3) is 0 Å². The number of ketones is 1. The van der Waals surface area contributed by atoms with Crippen LogP contribution in [0.5, 0.6) is 0 Å². The van der Waals surface area contributed by atoms with Crippen molar-refractivity contribution in [3.05, 3.63) is 32.5 Å². The molecule has 0 aromatic carbocycles. The number of Topliss-reactive ketones (excluding diaryl/α,β-unsaturated/α-hetero) is 1. The van der Waals surface area contributed by atoms with Crippen molar-refractivity contribution in [2.75, 3.05) is 18.4 Å². The summed E-state index contributed by atoms with van der Waals surface area (Å²) in [5.74, 6) is -0.0981. The number of anilines is 1. The molecule has 0 spiro atoms. The number of thiophene rings is 1. The average molecular weight is 335 g/mol. The van der Waals surface area contributed by atoms with Gasteiger partial charge in [0.2, 0.25) is 5.91 Å². The summed E-state index contributed by atoms with van der Waals surface area (Å²) in [7, 11) is 0. The van der Waals surface area contributed by atoms with Gasteiger partial charge in [0.05, 0.1) is 17.1 Å². The molecule has 3 heterocycles. The molecule has 1 aliphatic rings. The molecule has 3 rings (SSSR count). The van der Waals surface area contributed by atoms with E-state index in [1.807, 2.05) is 0 Å². The van der Waals surface area contributed by atoms with Gasteiger partial charge in [0.25, 0.3) is 0 Å². The molecule has 1 N–H and O–H groups in total. The van der Waals surface area contributed by atoms with E-state index in [9.17, 15) is 9.59 Å². The minimum atomic E-state index is -0.0810. The van der Waals surface area contributed by atoms with E-state index < -0.39 is 0 Å². The van der Waals surface area contributed by atoms with Gasteiger partial charge in [-0.2, -0.15) is 0 Å². The van der Waals surface area contributed by atoms with Crippen molar-refractivity contribution in [1.29, 1.82) is 0 Å². The standard InChI is InChI=1S/C15H17N3O2S2/c1-9-14(10(2)19)22-15(16-9)17-13(20)8-18-5-3-12-11(7-18)4-6-21-12/h4,6H,3,5,7-8H2,1-2H3,(H,16,17,20). The molecule has 1 aliphatic heterocycles. The van der Waals surface area contributed by atoms with E-state index in [1.54, 1.807) is 18.3 Å². The van der Waals surface area contributed by atoms with Crippen LogP contribution in [0.4, 0.5) is 5.13 Å². The SMILES string of the molecule is CC(=O)c1sc(NC(=O)CN2CCc3sccc3C2)nc1C. The molecule has 0 aliphatic carbocycles. The quantitative estimate of drug-likeness (QED) is 0.873. The second-order valence-corrected chi connectivity index (χ2v) is 7.37. The maximum atomic E-state index is 12.2. The van der Waals surface area contributed by atoms with Crippen molar-refractivity contribution in [1.82, 2.24) is 9.88 Å². The van der Waals surface area contributed by atoms with Gasteiger partial charge in [-0.05, 0) is 30.4 Å². The van der Waals surface area contributed by atoms with Crippen molar-refractivity contribution in [3.63, 3.8) is 0 Å². The van der Waals surface area contributed by atoms with E-state index in [0.717, 1.165) is 19.5 Å². The molecule has 5 nitrogen and oxygen atoms in total. The average Bonchev–Trinajstić information content (AvgIpc) is 3.04. The number of rotatable bonds is 4. The summed E-state index contributed by atoms with van der Waals surface area (Å²) in [6.07, 6.45) is 1.01. The first kappa shape index (κ1) is 15.3. The third-order valence-corrected chi connectivity index (χ3v) is 5.81. The van der Waals surface area contributed by atoms with E-state index >= 15 is 0 Å². The maximum absolute atomic E-state index is 12.2. The second kappa shape index (κ2) is 6.28. The van der Waals surface area contributed by atoms with Crippen LogP contribution in [-0.4, -0.2) is 34.7 Å². The molecule has 0 bridgehead atoms. The molecule has 0 radical (unpaired) electrons. The minimum Gasteiger partial charge on any atom is -0.301 e. The Balaban J connectivity index is 1.59. The predicted octanol–water partition coefficient (Wildman–Crippen LogP) is 2.71. The molecule has 2 aromatic heterocycles. The lowest BCUT2D eigenvalue weighted by Crippen LogP contribution is -2.36. The van der Waals surface area contributed by atoms with Crippen LogP contribution in [-0.2, 0) is 17.8 Å². The fourth-order valence-electron chi connectivity index (χ4n) is 2.58. The topological polar surface area (TPSA) is 62.3 Å². The molecule has 7 heteroatoms. The number of thiazole rings is 1. The molecule has 0 unspecified atom stereocenters. The van der Waals surface area contributed by atoms with Crippen molar-refractivity contribution >= 4 is 39.5 Å². The van der Waals surface area contributed by atoms with Crippen molar-refractivity contribution < 1.29 is 9.59 Å². The number of carbonyl (C=O) groups excluding carboxylic acids is 2. The number of hydrogen-bond acceptors (Lipinski definition) is 6. The van der Waals surface area contributed by atoms with Crippen LogP contribution in [0, 0.1) is 6.92 Å². The lowest BCUT2D eigenvalue weighted by Gasteiger charge is -2.25. The van der Waals surface area contributed by atoms with E-state index in [4.69, 9.17) is 0 Å². The molecule has 0 saturated heterocycles. The number of nitrogens with zero attached hydrogens (tertiary/aromatic N) is 2. The summed E-state index contributed by atoms with van der Waals surface area (Å²) >= 11 is 3.03. The summed E-state index contributed by atoms with van der Waals surface area (Å²) in [6, 6.07) is 2.13. The lowest BCUT2D eigenvalue weighted by atomic mass is 10.1. The van der Waals surface area contributed by atoms with Crippen molar-refractivity contribution in [3.8, 4) is 0 Å². The number of amides is 1. The number of aromatic nitrogens is 1. The van der Waals surface area contributed by atoms with Gasteiger partial charge in [0.1, 0.15) is 0 Å². The molecule has 22 heavy (non-hydrogen) atoms. The molecular formula is C15H17N3O2S2. The summed E-state index contributed by atoms with van der Waals surface area (Å²) in [5.41, 5.74) is 2.00. The Bertz CT molecular complexity index is 720. The highest BCUT2D eigenvalue weighted by atomic mass is 32.1. The zero-order valence-electron chi connectivity index (χ0n) is 12.5. The number of nitrogens with one attached hydrogen (secondary N) is 1. The molecule has 0 saturated carbocycles. The van der Waals surface area contributed by atoms with Crippen LogP contribution in [0.3, 0.4) is 0 Å². The summed E-state index contributed by atoms with van der Waals surface area (Å²) < 4.78 is 0. The first-order valence-corrected chi connectivity index (χ1v) is 8.78. The van der Waals surface area contributed by atoms with Crippen molar-refractivity contribution in [2.24, 2.45) is 0 Å². The summed E-state index contributed by atoms with van der Waals surface area (Å²) in [5, 5.41) is 5.41. The monoisotopic (exact) mass is 335 g/mol. The Morgan fingerprint density at radius 2 is 2.27 bits per heavy atom. The highest BCUT2D eigenvalue weighted by Crippen LogP contribution is 2.25. The minimum absolute atomic E-state index is 0.0171. The molecule has 2 aromatic rings. The smallest absolute Gasteiger partial charge is 0.240 e. The Hall–Kier alpha value is -1.57. The van der Waals surface area contributed by atoms with Gasteiger partial charge < -0.3 is 5.32 Å².